The Labute approximate surface area is 120 Å². The predicted molar refractivity (Wildman–Crippen MR) is 81.2 cm³/mol. The maximum Gasteiger partial charge on any atom is 0.230 e. The third-order valence-electron chi connectivity index (χ3n) is 3.96. The molecule has 1 aliphatic carbocycles. The second kappa shape index (κ2) is 6.57. The smallest absolute Gasteiger partial charge is 0.230 e. The highest BCUT2D eigenvalue weighted by molar-refractivity contribution is 7.15. The van der Waals surface area contributed by atoms with Crippen LogP contribution < -0.4 is 15.0 Å². The molecule has 0 aliphatic heterocycles. The van der Waals surface area contributed by atoms with E-state index in [0.717, 1.165) is 35.9 Å². The van der Waals surface area contributed by atoms with Crippen LogP contribution in [0.4, 0.5) is 5.13 Å². The SMILES string of the molecule is COc1nc(N(C)C)sc1CNCC1CCCC1C. The zero-order valence-corrected chi connectivity index (χ0v) is 13.2. The Hall–Kier alpha value is -0.810. The van der Waals surface area contributed by atoms with Gasteiger partial charge in [-0.1, -0.05) is 31.1 Å². The first-order chi connectivity index (χ1) is 9.11. The summed E-state index contributed by atoms with van der Waals surface area (Å²) in [7, 11) is 5.71. The fourth-order valence-electron chi connectivity index (χ4n) is 2.68. The highest BCUT2D eigenvalue weighted by atomic mass is 32.1. The van der Waals surface area contributed by atoms with Crippen molar-refractivity contribution in [2.24, 2.45) is 11.8 Å². The van der Waals surface area contributed by atoms with E-state index < -0.39 is 0 Å². The minimum atomic E-state index is 0.765. The van der Waals surface area contributed by atoms with Crippen LogP contribution >= 0.6 is 11.3 Å². The van der Waals surface area contributed by atoms with E-state index in [2.05, 4.69) is 17.2 Å². The van der Waals surface area contributed by atoms with Crippen LogP contribution in [0.2, 0.25) is 0 Å². The molecule has 2 atom stereocenters. The van der Waals surface area contributed by atoms with Gasteiger partial charge < -0.3 is 15.0 Å². The van der Waals surface area contributed by atoms with Crippen molar-refractivity contribution in [3.05, 3.63) is 4.88 Å². The van der Waals surface area contributed by atoms with Crippen LogP contribution in [0, 0.1) is 11.8 Å². The van der Waals surface area contributed by atoms with Gasteiger partial charge in [-0.2, -0.15) is 4.98 Å². The molecule has 1 aliphatic rings. The topological polar surface area (TPSA) is 37.4 Å². The van der Waals surface area contributed by atoms with Crippen molar-refractivity contribution >= 4 is 16.5 Å². The average molecular weight is 283 g/mol. The maximum atomic E-state index is 5.35. The van der Waals surface area contributed by atoms with E-state index in [1.54, 1.807) is 18.4 Å². The van der Waals surface area contributed by atoms with Crippen molar-refractivity contribution in [1.29, 1.82) is 0 Å². The van der Waals surface area contributed by atoms with Gasteiger partial charge in [0.25, 0.3) is 0 Å². The van der Waals surface area contributed by atoms with Gasteiger partial charge in [-0.15, -0.1) is 0 Å². The minimum Gasteiger partial charge on any atom is -0.480 e. The van der Waals surface area contributed by atoms with Crippen molar-refractivity contribution in [3.63, 3.8) is 0 Å². The van der Waals surface area contributed by atoms with Crippen LogP contribution in [0.25, 0.3) is 0 Å². The highest BCUT2D eigenvalue weighted by Gasteiger charge is 2.23. The van der Waals surface area contributed by atoms with Gasteiger partial charge in [0, 0.05) is 20.6 Å². The summed E-state index contributed by atoms with van der Waals surface area (Å²) in [6, 6.07) is 0. The second-order valence-electron chi connectivity index (χ2n) is 5.62. The molecule has 0 spiro atoms. The molecule has 1 aromatic rings. The van der Waals surface area contributed by atoms with Crippen molar-refractivity contribution in [1.82, 2.24) is 10.3 Å². The normalized spacial score (nSPS) is 22.7. The van der Waals surface area contributed by atoms with Crippen LogP contribution in [-0.2, 0) is 6.54 Å². The Bertz CT molecular complexity index is 405. The van der Waals surface area contributed by atoms with Gasteiger partial charge in [0.15, 0.2) is 5.13 Å². The first-order valence-electron chi connectivity index (χ1n) is 7.03. The van der Waals surface area contributed by atoms with Gasteiger partial charge in [0.05, 0.1) is 12.0 Å². The summed E-state index contributed by atoms with van der Waals surface area (Å²) in [5, 5.41) is 4.58. The maximum absolute atomic E-state index is 5.35. The van der Waals surface area contributed by atoms with Crippen LogP contribution in [0.1, 0.15) is 31.1 Å². The average Bonchev–Trinajstić information content (AvgIpc) is 2.96. The van der Waals surface area contributed by atoms with Gasteiger partial charge in [0.2, 0.25) is 5.88 Å². The fraction of sp³-hybridized carbons (Fsp3) is 0.786. The summed E-state index contributed by atoms with van der Waals surface area (Å²) >= 11 is 1.70. The number of aromatic nitrogens is 1. The number of thiazole rings is 1. The van der Waals surface area contributed by atoms with E-state index >= 15 is 0 Å². The van der Waals surface area contributed by atoms with Crippen molar-refractivity contribution in [2.75, 3.05) is 32.6 Å². The Morgan fingerprint density at radius 3 is 2.79 bits per heavy atom. The number of ether oxygens (including phenoxy) is 1. The summed E-state index contributed by atoms with van der Waals surface area (Å²) in [4.78, 5) is 7.69. The number of nitrogens with zero attached hydrogens (tertiary/aromatic N) is 2. The number of hydrogen-bond donors (Lipinski definition) is 1. The second-order valence-corrected chi connectivity index (χ2v) is 6.68. The zero-order valence-electron chi connectivity index (χ0n) is 12.4. The third kappa shape index (κ3) is 3.60. The van der Waals surface area contributed by atoms with Gasteiger partial charge in [-0.25, -0.2) is 0 Å². The molecule has 0 bridgehead atoms. The van der Waals surface area contributed by atoms with E-state index in [0.29, 0.717) is 0 Å². The summed E-state index contributed by atoms with van der Waals surface area (Å²) in [5.41, 5.74) is 0. The lowest BCUT2D eigenvalue weighted by atomic mass is 9.98. The molecule has 108 valence electrons. The van der Waals surface area contributed by atoms with Crippen molar-refractivity contribution < 1.29 is 4.74 Å². The van der Waals surface area contributed by atoms with Crippen LogP contribution in [-0.4, -0.2) is 32.7 Å². The number of methoxy groups -OCH3 is 1. The van der Waals surface area contributed by atoms with Crippen LogP contribution in [0.3, 0.4) is 0 Å². The lowest BCUT2D eigenvalue weighted by molar-refractivity contribution is 0.380. The van der Waals surface area contributed by atoms with E-state index in [-0.39, 0.29) is 0 Å². The lowest BCUT2D eigenvalue weighted by Crippen LogP contribution is -2.23. The molecule has 1 heterocycles. The van der Waals surface area contributed by atoms with Gasteiger partial charge in [-0.3, -0.25) is 0 Å². The molecule has 0 radical (unpaired) electrons. The number of hydrogen-bond acceptors (Lipinski definition) is 5. The predicted octanol–water partition coefficient (Wildman–Crippen LogP) is 2.74. The quantitative estimate of drug-likeness (QED) is 0.871. The monoisotopic (exact) mass is 283 g/mol. The Morgan fingerprint density at radius 1 is 1.42 bits per heavy atom. The molecule has 5 heteroatoms. The van der Waals surface area contributed by atoms with Gasteiger partial charge in [-0.05, 0) is 24.8 Å². The first kappa shape index (κ1) is 14.6. The zero-order chi connectivity index (χ0) is 13.8. The van der Waals surface area contributed by atoms with E-state index in [1.807, 2.05) is 19.0 Å². The molecule has 1 saturated carbocycles. The fourth-order valence-corrected chi connectivity index (χ4v) is 3.61. The Kier molecular flexibility index (Phi) is 5.05. The number of nitrogens with one attached hydrogen (secondary N) is 1. The minimum absolute atomic E-state index is 0.765. The third-order valence-corrected chi connectivity index (χ3v) is 5.16. The molecule has 2 rings (SSSR count). The lowest BCUT2D eigenvalue weighted by Gasteiger charge is -2.15. The largest absolute Gasteiger partial charge is 0.480 e. The van der Waals surface area contributed by atoms with Crippen LogP contribution in [0.5, 0.6) is 5.88 Å². The summed E-state index contributed by atoms with van der Waals surface area (Å²) < 4.78 is 5.35. The van der Waals surface area contributed by atoms with Gasteiger partial charge >= 0.3 is 0 Å². The molecule has 0 saturated heterocycles. The van der Waals surface area contributed by atoms with Crippen molar-refractivity contribution in [3.8, 4) is 5.88 Å². The number of rotatable bonds is 6. The summed E-state index contributed by atoms with van der Waals surface area (Å²) in [6.07, 6.45) is 4.15. The molecule has 1 fully saturated rings. The molecule has 0 amide bonds. The Morgan fingerprint density at radius 2 is 2.21 bits per heavy atom. The molecule has 0 aromatic carbocycles. The van der Waals surface area contributed by atoms with Gasteiger partial charge in [0.1, 0.15) is 0 Å². The molecular formula is C14H25N3OS. The molecule has 4 nitrogen and oxygen atoms in total. The summed E-state index contributed by atoms with van der Waals surface area (Å²) in [6.45, 7) is 4.34. The van der Waals surface area contributed by atoms with E-state index in [1.165, 1.54) is 24.1 Å². The molecular weight excluding hydrogens is 258 g/mol. The molecule has 2 unspecified atom stereocenters. The van der Waals surface area contributed by atoms with Crippen LogP contribution in [0.15, 0.2) is 0 Å². The molecule has 1 aromatic heterocycles. The summed E-state index contributed by atoms with van der Waals surface area (Å²) in [5.74, 6) is 2.47. The van der Waals surface area contributed by atoms with E-state index in [9.17, 15) is 0 Å². The Balaban J connectivity index is 1.88. The standard InChI is InChI=1S/C14H25N3OS/c1-10-6-5-7-11(10)8-15-9-12-13(18-4)16-14(19-12)17(2)3/h10-11,15H,5-9H2,1-4H3. The van der Waals surface area contributed by atoms with Crippen molar-refractivity contribution in [2.45, 2.75) is 32.7 Å². The first-order valence-corrected chi connectivity index (χ1v) is 7.85. The number of anilines is 1. The highest BCUT2D eigenvalue weighted by Crippen LogP contribution is 2.32. The van der Waals surface area contributed by atoms with E-state index in [4.69, 9.17) is 4.74 Å². The molecule has 1 N–H and O–H groups in total. The molecule has 19 heavy (non-hydrogen) atoms.